The third-order valence-electron chi connectivity index (χ3n) is 1.80. The quantitative estimate of drug-likeness (QED) is 0.753. The number of nitrogens with two attached hydrogens (primary N) is 1. The highest BCUT2D eigenvalue weighted by molar-refractivity contribution is 5.77. The van der Waals surface area contributed by atoms with Crippen LogP contribution in [0.5, 0.6) is 5.75 Å². The molecule has 0 saturated carbocycles. The molecule has 0 radical (unpaired) electrons. The van der Waals surface area contributed by atoms with E-state index in [1.54, 1.807) is 7.11 Å². The van der Waals surface area contributed by atoms with Gasteiger partial charge in [-0.05, 0) is 13.0 Å². The van der Waals surface area contributed by atoms with Crippen LogP contribution >= 0.6 is 0 Å². The summed E-state index contributed by atoms with van der Waals surface area (Å²) >= 11 is 0. The predicted octanol–water partition coefficient (Wildman–Crippen LogP) is 1.03. The van der Waals surface area contributed by atoms with E-state index in [4.69, 9.17) is 10.5 Å². The summed E-state index contributed by atoms with van der Waals surface area (Å²) in [5.74, 6) is 0.369. The molecule has 0 fully saturated rings. The van der Waals surface area contributed by atoms with E-state index >= 15 is 0 Å². The minimum atomic E-state index is -0.344. The first kappa shape index (κ1) is 9.58. The standard InChI is InChI=1S/C10H13NO2/c1-7-3-4-9(13-2)8(5-7)6-10(11)12/h3-5H,6H2,1-2H3,(H2,11,12). The fraction of sp³-hybridized carbons (Fsp3) is 0.300. The average Bonchev–Trinajstić information content (AvgIpc) is 2.03. The van der Waals surface area contributed by atoms with Crippen molar-refractivity contribution in [2.24, 2.45) is 5.73 Å². The van der Waals surface area contributed by atoms with Gasteiger partial charge >= 0.3 is 0 Å². The van der Waals surface area contributed by atoms with Gasteiger partial charge in [0.05, 0.1) is 13.5 Å². The smallest absolute Gasteiger partial charge is 0.221 e. The fourth-order valence-corrected chi connectivity index (χ4v) is 1.23. The van der Waals surface area contributed by atoms with E-state index in [1.807, 2.05) is 25.1 Å². The molecular formula is C10H13NO2. The molecule has 0 saturated heterocycles. The molecule has 13 heavy (non-hydrogen) atoms. The van der Waals surface area contributed by atoms with Crippen molar-refractivity contribution in [3.63, 3.8) is 0 Å². The normalized spacial score (nSPS) is 9.69. The summed E-state index contributed by atoms with van der Waals surface area (Å²) in [6, 6.07) is 5.68. The largest absolute Gasteiger partial charge is 0.496 e. The number of ether oxygens (including phenoxy) is 1. The lowest BCUT2D eigenvalue weighted by molar-refractivity contribution is -0.117. The molecule has 0 heterocycles. The highest BCUT2D eigenvalue weighted by atomic mass is 16.5. The lowest BCUT2D eigenvalue weighted by Crippen LogP contribution is -2.14. The van der Waals surface area contributed by atoms with E-state index in [0.29, 0.717) is 5.75 Å². The summed E-state index contributed by atoms with van der Waals surface area (Å²) < 4.78 is 5.09. The van der Waals surface area contributed by atoms with Gasteiger partial charge in [0.25, 0.3) is 0 Å². The Morgan fingerprint density at radius 3 is 2.77 bits per heavy atom. The number of primary amides is 1. The zero-order chi connectivity index (χ0) is 9.84. The van der Waals surface area contributed by atoms with Crippen molar-refractivity contribution in [2.45, 2.75) is 13.3 Å². The molecule has 1 aromatic carbocycles. The molecule has 0 aliphatic heterocycles. The van der Waals surface area contributed by atoms with Crippen molar-refractivity contribution in [3.05, 3.63) is 29.3 Å². The van der Waals surface area contributed by atoms with Gasteiger partial charge < -0.3 is 10.5 Å². The first-order valence-corrected chi connectivity index (χ1v) is 4.05. The van der Waals surface area contributed by atoms with Crippen LogP contribution in [0.15, 0.2) is 18.2 Å². The summed E-state index contributed by atoms with van der Waals surface area (Å²) in [5, 5.41) is 0. The van der Waals surface area contributed by atoms with Gasteiger partial charge in [0.2, 0.25) is 5.91 Å². The lowest BCUT2D eigenvalue weighted by Gasteiger charge is -2.07. The fourth-order valence-electron chi connectivity index (χ4n) is 1.23. The van der Waals surface area contributed by atoms with E-state index in [2.05, 4.69) is 0 Å². The van der Waals surface area contributed by atoms with Gasteiger partial charge in [-0.2, -0.15) is 0 Å². The molecule has 0 unspecified atom stereocenters. The van der Waals surface area contributed by atoms with Crippen molar-refractivity contribution in [3.8, 4) is 5.75 Å². The second-order valence-corrected chi connectivity index (χ2v) is 2.96. The molecule has 1 amide bonds. The van der Waals surface area contributed by atoms with E-state index in [9.17, 15) is 4.79 Å². The first-order valence-electron chi connectivity index (χ1n) is 4.05. The Morgan fingerprint density at radius 1 is 1.54 bits per heavy atom. The molecule has 0 aliphatic rings. The van der Waals surface area contributed by atoms with E-state index in [0.717, 1.165) is 11.1 Å². The number of carbonyl (C=O) groups excluding carboxylic acids is 1. The molecule has 70 valence electrons. The third-order valence-corrected chi connectivity index (χ3v) is 1.80. The number of benzene rings is 1. The molecule has 0 bridgehead atoms. The van der Waals surface area contributed by atoms with E-state index in [1.165, 1.54) is 0 Å². The minimum Gasteiger partial charge on any atom is -0.496 e. The zero-order valence-corrected chi connectivity index (χ0v) is 7.83. The van der Waals surface area contributed by atoms with Gasteiger partial charge in [0.1, 0.15) is 5.75 Å². The molecule has 3 nitrogen and oxygen atoms in total. The van der Waals surface area contributed by atoms with Gasteiger partial charge in [-0.25, -0.2) is 0 Å². The average molecular weight is 179 g/mol. The molecule has 0 aliphatic carbocycles. The topological polar surface area (TPSA) is 52.3 Å². The van der Waals surface area contributed by atoms with Crippen LogP contribution in [0.2, 0.25) is 0 Å². The van der Waals surface area contributed by atoms with Crippen molar-refractivity contribution >= 4 is 5.91 Å². The molecular weight excluding hydrogens is 166 g/mol. The summed E-state index contributed by atoms with van der Waals surface area (Å²) in [6.07, 6.45) is 0.227. The van der Waals surface area contributed by atoms with Gasteiger partial charge in [0, 0.05) is 5.56 Å². The van der Waals surface area contributed by atoms with Crippen LogP contribution in [0.3, 0.4) is 0 Å². The van der Waals surface area contributed by atoms with Crippen LogP contribution in [-0.2, 0) is 11.2 Å². The predicted molar refractivity (Wildman–Crippen MR) is 50.6 cm³/mol. The molecule has 2 N–H and O–H groups in total. The number of hydrogen-bond acceptors (Lipinski definition) is 2. The van der Waals surface area contributed by atoms with Gasteiger partial charge in [-0.1, -0.05) is 17.7 Å². The van der Waals surface area contributed by atoms with Crippen molar-refractivity contribution in [2.75, 3.05) is 7.11 Å². The minimum absolute atomic E-state index is 0.227. The van der Waals surface area contributed by atoms with E-state index in [-0.39, 0.29) is 12.3 Å². The Labute approximate surface area is 77.5 Å². The monoisotopic (exact) mass is 179 g/mol. The number of carbonyl (C=O) groups is 1. The Kier molecular flexibility index (Phi) is 2.90. The van der Waals surface area contributed by atoms with Crippen molar-refractivity contribution < 1.29 is 9.53 Å². The second kappa shape index (κ2) is 3.94. The number of amides is 1. The van der Waals surface area contributed by atoms with Crippen LogP contribution in [-0.4, -0.2) is 13.0 Å². The molecule has 1 aromatic rings. The van der Waals surface area contributed by atoms with Gasteiger partial charge in [0.15, 0.2) is 0 Å². The Bertz CT molecular complexity index is 321. The maximum absolute atomic E-state index is 10.7. The maximum Gasteiger partial charge on any atom is 0.221 e. The van der Waals surface area contributed by atoms with E-state index < -0.39 is 0 Å². The summed E-state index contributed by atoms with van der Waals surface area (Å²) in [5.41, 5.74) is 7.04. The zero-order valence-electron chi connectivity index (χ0n) is 7.83. The molecule has 3 heteroatoms. The van der Waals surface area contributed by atoms with Crippen LogP contribution in [0.4, 0.5) is 0 Å². The summed E-state index contributed by atoms with van der Waals surface area (Å²) in [4.78, 5) is 10.7. The molecule has 0 atom stereocenters. The van der Waals surface area contributed by atoms with Crippen LogP contribution < -0.4 is 10.5 Å². The third kappa shape index (κ3) is 2.47. The van der Waals surface area contributed by atoms with Crippen LogP contribution in [0, 0.1) is 6.92 Å². The molecule has 0 aromatic heterocycles. The van der Waals surface area contributed by atoms with Crippen LogP contribution in [0.25, 0.3) is 0 Å². The number of methoxy groups -OCH3 is 1. The highest BCUT2D eigenvalue weighted by Gasteiger charge is 2.05. The summed E-state index contributed by atoms with van der Waals surface area (Å²) in [7, 11) is 1.58. The number of rotatable bonds is 3. The highest BCUT2D eigenvalue weighted by Crippen LogP contribution is 2.19. The summed E-state index contributed by atoms with van der Waals surface area (Å²) in [6.45, 7) is 1.96. The maximum atomic E-state index is 10.7. The molecule has 0 spiro atoms. The van der Waals surface area contributed by atoms with Crippen LogP contribution in [0.1, 0.15) is 11.1 Å². The Hall–Kier alpha value is -1.51. The second-order valence-electron chi connectivity index (χ2n) is 2.96. The SMILES string of the molecule is COc1ccc(C)cc1CC(N)=O. The Balaban J connectivity index is 3.01. The number of aryl methyl sites for hydroxylation is 1. The van der Waals surface area contributed by atoms with Crippen molar-refractivity contribution in [1.29, 1.82) is 0 Å². The van der Waals surface area contributed by atoms with Crippen molar-refractivity contribution in [1.82, 2.24) is 0 Å². The molecule has 1 rings (SSSR count). The van der Waals surface area contributed by atoms with Gasteiger partial charge in [-0.15, -0.1) is 0 Å². The Morgan fingerprint density at radius 2 is 2.23 bits per heavy atom. The first-order chi connectivity index (χ1) is 6.13. The van der Waals surface area contributed by atoms with Gasteiger partial charge in [-0.3, -0.25) is 4.79 Å². The number of hydrogen-bond donors (Lipinski definition) is 1. The lowest BCUT2D eigenvalue weighted by atomic mass is 10.1.